The van der Waals surface area contributed by atoms with E-state index in [4.69, 9.17) is 16.3 Å². The minimum atomic E-state index is -0.229. The molecule has 2 unspecified atom stereocenters. The van der Waals surface area contributed by atoms with E-state index < -0.39 is 0 Å². The van der Waals surface area contributed by atoms with Gasteiger partial charge in [-0.2, -0.15) is 0 Å². The zero-order valence-corrected chi connectivity index (χ0v) is 11.2. The van der Waals surface area contributed by atoms with E-state index in [-0.39, 0.29) is 24.2 Å². The van der Waals surface area contributed by atoms with E-state index >= 15 is 0 Å². The second kappa shape index (κ2) is 6.45. The summed E-state index contributed by atoms with van der Waals surface area (Å²) in [6.45, 7) is 6.81. The molecule has 1 saturated heterocycles. The molecule has 94 valence electrons. The van der Waals surface area contributed by atoms with Crippen molar-refractivity contribution in [2.75, 3.05) is 12.4 Å². The number of hydrogen-bond donors (Lipinski definition) is 0. The van der Waals surface area contributed by atoms with Gasteiger partial charge in [-0.25, -0.2) is 0 Å². The first-order valence-corrected chi connectivity index (χ1v) is 6.61. The van der Waals surface area contributed by atoms with E-state index in [0.717, 1.165) is 25.8 Å². The topological polar surface area (TPSA) is 29.5 Å². The van der Waals surface area contributed by atoms with Crippen molar-refractivity contribution in [2.24, 2.45) is 0 Å². The molecule has 1 aliphatic rings. The summed E-state index contributed by atoms with van der Waals surface area (Å²) in [7, 11) is 0. The predicted octanol–water partition coefficient (Wildman–Crippen LogP) is 2.42. The van der Waals surface area contributed by atoms with Crippen LogP contribution in [-0.4, -0.2) is 41.5 Å². The van der Waals surface area contributed by atoms with Crippen LogP contribution in [0.15, 0.2) is 0 Å². The van der Waals surface area contributed by atoms with Gasteiger partial charge in [0.05, 0.1) is 6.10 Å². The molecule has 1 heterocycles. The molecule has 0 aromatic carbocycles. The van der Waals surface area contributed by atoms with Gasteiger partial charge in [0.2, 0.25) is 0 Å². The lowest BCUT2D eigenvalue weighted by atomic mass is 10.1. The molecule has 0 N–H and O–H groups in total. The number of ether oxygens (including phenoxy) is 1. The fraction of sp³-hybridized carbons (Fsp3) is 0.917. The number of nitrogens with zero attached hydrogens (tertiary/aromatic N) is 1. The quantitative estimate of drug-likeness (QED) is 0.699. The van der Waals surface area contributed by atoms with Crippen LogP contribution in [0.5, 0.6) is 0 Å². The molecule has 16 heavy (non-hydrogen) atoms. The van der Waals surface area contributed by atoms with Gasteiger partial charge in [0.1, 0.15) is 6.10 Å². The fourth-order valence-electron chi connectivity index (χ4n) is 2.02. The Bertz CT molecular complexity index is 233. The highest BCUT2D eigenvalue weighted by Crippen LogP contribution is 2.21. The third-order valence-electron chi connectivity index (χ3n) is 2.95. The number of halogens is 1. The molecule has 1 fully saturated rings. The molecule has 0 bridgehead atoms. The summed E-state index contributed by atoms with van der Waals surface area (Å²) in [5.74, 6) is 0.725. The molecule has 0 spiro atoms. The van der Waals surface area contributed by atoms with Crippen molar-refractivity contribution in [2.45, 2.75) is 58.3 Å². The van der Waals surface area contributed by atoms with E-state index in [1.807, 2.05) is 25.7 Å². The van der Waals surface area contributed by atoms with Crippen LogP contribution in [0.4, 0.5) is 0 Å². The Hall–Kier alpha value is -0.280. The van der Waals surface area contributed by atoms with Gasteiger partial charge in [0, 0.05) is 18.5 Å². The molecular weight excluding hydrogens is 226 g/mol. The van der Waals surface area contributed by atoms with E-state index in [1.54, 1.807) is 0 Å². The molecule has 0 aromatic heterocycles. The molecule has 3 nitrogen and oxygen atoms in total. The van der Waals surface area contributed by atoms with Gasteiger partial charge < -0.3 is 9.64 Å². The van der Waals surface area contributed by atoms with Crippen LogP contribution in [0.3, 0.4) is 0 Å². The Labute approximate surface area is 103 Å². The maximum atomic E-state index is 12.2. The molecule has 1 amide bonds. The van der Waals surface area contributed by atoms with Crippen molar-refractivity contribution >= 4 is 17.5 Å². The molecule has 1 aliphatic heterocycles. The van der Waals surface area contributed by atoms with Gasteiger partial charge in [0.15, 0.2) is 0 Å². The highest BCUT2D eigenvalue weighted by atomic mass is 35.5. The monoisotopic (exact) mass is 247 g/mol. The van der Waals surface area contributed by atoms with Gasteiger partial charge in [0.25, 0.3) is 5.91 Å². The minimum Gasteiger partial charge on any atom is -0.365 e. The normalized spacial score (nSPS) is 25.1. The molecule has 0 aliphatic carbocycles. The SMILES string of the molecule is CC1CCC(C(=O)N(CCCCl)C(C)C)O1. The molecule has 0 aromatic rings. The van der Waals surface area contributed by atoms with Crippen molar-refractivity contribution in [3.05, 3.63) is 0 Å². The Balaban J connectivity index is 2.53. The molecule has 2 atom stereocenters. The highest BCUT2D eigenvalue weighted by molar-refractivity contribution is 6.17. The predicted molar refractivity (Wildman–Crippen MR) is 65.8 cm³/mol. The van der Waals surface area contributed by atoms with Crippen molar-refractivity contribution in [3.8, 4) is 0 Å². The average molecular weight is 248 g/mol. The van der Waals surface area contributed by atoms with Gasteiger partial charge in [-0.1, -0.05) is 0 Å². The second-order valence-corrected chi connectivity index (χ2v) is 5.06. The zero-order valence-electron chi connectivity index (χ0n) is 10.4. The molecule has 4 heteroatoms. The fourth-order valence-corrected chi connectivity index (χ4v) is 2.14. The number of amides is 1. The standard InChI is InChI=1S/C12H22ClNO2/c1-9(2)14(8-4-7-13)12(15)11-6-5-10(3)16-11/h9-11H,4-8H2,1-3H3. The van der Waals surface area contributed by atoms with E-state index in [0.29, 0.717) is 5.88 Å². The molecular formula is C12H22ClNO2. The first kappa shape index (κ1) is 13.8. The minimum absolute atomic E-state index is 0.129. The maximum Gasteiger partial charge on any atom is 0.251 e. The number of rotatable bonds is 5. The molecule has 1 rings (SSSR count). The molecule has 0 saturated carbocycles. The number of hydrogen-bond acceptors (Lipinski definition) is 2. The summed E-state index contributed by atoms with van der Waals surface area (Å²) >= 11 is 5.67. The van der Waals surface area contributed by atoms with Gasteiger partial charge in [-0.05, 0) is 40.0 Å². The van der Waals surface area contributed by atoms with Crippen molar-refractivity contribution in [3.63, 3.8) is 0 Å². The smallest absolute Gasteiger partial charge is 0.251 e. The Kier molecular flexibility index (Phi) is 5.56. The van der Waals surface area contributed by atoms with Crippen LogP contribution in [0.2, 0.25) is 0 Å². The lowest BCUT2D eigenvalue weighted by Crippen LogP contribution is -2.44. The summed E-state index contributed by atoms with van der Waals surface area (Å²) in [4.78, 5) is 14.1. The lowest BCUT2D eigenvalue weighted by molar-refractivity contribution is -0.144. The Morgan fingerprint density at radius 1 is 1.50 bits per heavy atom. The zero-order chi connectivity index (χ0) is 12.1. The van der Waals surface area contributed by atoms with Crippen LogP contribution in [0, 0.1) is 0 Å². The van der Waals surface area contributed by atoms with Crippen molar-refractivity contribution in [1.29, 1.82) is 0 Å². The van der Waals surface area contributed by atoms with E-state index in [1.165, 1.54) is 0 Å². The van der Waals surface area contributed by atoms with E-state index in [9.17, 15) is 4.79 Å². The van der Waals surface area contributed by atoms with E-state index in [2.05, 4.69) is 0 Å². The summed E-state index contributed by atoms with van der Waals surface area (Å²) in [6.07, 6.45) is 2.67. The summed E-state index contributed by atoms with van der Waals surface area (Å²) in [5.41, 5.74) is 0. The lowest BCUT2D eigenvalue weighted by Gasteiger charge is -2.29. The van der Waals surface area contributed by atoms with Crippen LogP contribution in [0.1, 0.15) is 40.0 Å². The first-order chi connectivity index (χ1) is 7.56. The summed E-state index contributed by atoms with van der Waals surface area (Å²) in [5, 5.41) is 0. The number of carbonyl (C=O) groups is 1. The van der Waals surface area contributed by atoms with Crippen LogP contribution in [-0.2, 0) is 9.53 Å². The van der Waals surface area contributed by atoms with Gasteiger partial charge in [-0.3, -0.25) is 4.79 Å². The largest absolute Gasteiger partial charge is 0.365 e. The van der Waals surface area contributed by atoms with Crippen molar-refractivity contribution in [1.82, 2.24) is 4.90 Å². The Morgan fingerprint density at radius 3 is 2.62 bits per heavy atom. The van der Waals surface area contributed by atoms with Gasteiger partial charge in [-0.15, -0.1) is 11.6 Å². The van der Waals surface area contributed by atoms with Crippen LogP contribution in [0.25, 0.3) is 0 Å². The first-order valence-electron chi connectivity index (χ1n) is 6.08. The molecule has 0 radical (unpaired) electrons. The third kappa shape index (κ3) is 3.63. The Morgan fingerprint density at radius 2 is 2.19 bits per heavy atom. The van der Waals surface area contributed by atoms with Crippen LogP contribution < -0.4 is 0 Å². The second-order valence-electron chi connectivity index (χ2n) is 4.68. The van der Waals surface area contributed by atoms with Crippen molar-refractivity contribution < 1.29 is 9.53 Å². The maximum absolute atomic E-state index is 12.2. The highest BCUT2D eigenvalue weighted by Gasteiger charge is 2.32. The number of carbonyl (C=O) groups excluding carboxylic acids is 1. The summed E-state index contributed by atoms with van der Waals surface area (Å²) in [6, 6.07) is 0.218. The average Bonchev–Trinajstić information content (AvgIpc) is 2.64. The summed E-state index contributed by atoms with van der Waals surface area (Å²) < 4.78 is 5.61. The van der Waals surface area contributed by atoms with Crippen LogP contribution >= 0.6 is 11.6 Å². The number of alkyl halides is 1. The van der Waals surface area contributed by atoms with Gasteiger partial charge >= 0.3 is 0 Å². The third-order valence-corrected chi connectivity index (χ3v) is 3.21.